The summed E-state index contributed by atoms with van der Waals surface area (Å²) in [5, 5.41) is 11.5. The molecule has 2 N–H and O–H groups in total. The Labute approximate surface area is 179 Å². The van der Waals surface area contributed by atoms with Crippen LogP contribution in [-0.2, 0) is 9.59 Å². The number of carbonyl (C=O) groups excluding carboxylic acids is 1. The van der Waals surface area contributed by atoms with Gasteiger partial charge in [0.25, 0.3) is 0 Å². The van der Waals surface area contributed by atoms with Gasteiger partial charge in [-0.05, 0) is 36.6 Å². The van der Waals surface area contributed by atoms with E-state index >= 15 is 0 Å². The Morgan fingerprint density at radius 3 is 1.90 bits per heavy atom. The first-order valence-corrected chi connectivity index (χ1v) is 10.5. The Morgan fingerprint density at radius 2 is 1.40 bits per heavy atom. The van der Waals surface area contributed by atoms with Crippen LogP contribution in [0.4, 0.5) is 0 Å². The van der Waals surface area contributed by atoms with E-state index in [1.165, 1.54) is 6.08 Å². The van der Waals surface area contributed by atoms with E-state index in [4.69, 9.17) is 19.3 Å². The van der Waals surface area contributed by atoms with Crippen molar-refractivity contribution < 1.29 is 28.9 Å². The Hall–Kier alpha value is -2.70. The van der Waals surface area contributed by atoms with Gasteiger partial charge in [0, 0.05) is 19.0 Å². The van der Waals surface area contributed by atoms with E-state index in [1.807, 2.05) is 0 Å². The highest BCUT2D eigenvalue weighted by Gasteiger charge is 2.12. The fraction of sp³-hybridized carbons (Fsp3) is 0.565. The summed E-state index contributed by atoms with van der Waals surface area (Å²) in [4.78, 5) is 22.4. The maximum absolute atomic E-state index is 12.0. The molecule has 7 nitrogen and oxygen atoms in total. The van der Waals surface area contributed by atoms with Crippen LogP contribution < -0.4 is 19.5 Å². The summed E-state index contributed by atoms with van der Waals surface area (Å²) < 4.78 is 15.9. The van der Waals surface area contributed by atoms with Gasteiger partial charge in [-0.25, -0.2) is 0 Å². The second kappa shape index (κ2) is 15.2. The van der Waals surface area contributed by atoms with E-state index in [9.17, 15) is 9.59 Å². The molecule has 0 aliphatic rings. The fourth-order valence-electron chi connectivity index (χ4n) is 3.10. The van der Waals surface area contributed by atoms with Crippen molar-refractivity contribution in [1.29, 1.82) is 0 Å². The normalized spacial score (nSPS) is 10.8. The average Bonchev–Trinajstić information content (AvgIpc) is 2.74. The summed E-state index contributed by atoms with van der Waals surface area (Å²) in [6.07, 6.45) is 11.8. The minimum Gasteiger partial charge on any atom is -0.493 e. The second-order valence-electron chi connectivity index (χ2n) is 7.06. The van der Waals surface area contributed by atoms with E-state index in [0.29, 0.717) is 23.8 Å². The molecule has 7 heteroatoms. The van der Waals surface area contributed by atoms with Crippen molar-refractivity contribution in [2.24, 2.45) is 0 Å². The van der Waals surface area contributed by atoms with Crippen molar-refractivity contribution in [3.8, 4) is 17.2 Å². The number of hydrogen-bond acceptors (Lipinski definition) is 5. The van der Waals surface area contributed by atoms with Crippen LogP contribution in [0.2, 0.25) is 0 Å². The number of nitrogens with one attached hydrogen (secondary N) is 1. The molecule has 0 aromatic heterocycles. The molecule has 1 aromatic rings. The zero-order valence-electron chi connectivity index (χ0n) is 18.4. The first-order chi connectivity index (χ1) is 14.5. The molecule has 1 aromatic carbocycles. The Morgan fingerprint density at radius 1 is 0.867 bits per heavy atom. The molecule has 0 bridgehead atoms. The highest BCUT2D eigenvalue weighted by atomic mass is 16.5. The molecule has 30 heavy (non-hydrogen) atoms. The van der Waals surface area contributed by atoms with Gasteiger partial charge in [0.2, 0.25) is 11.7 Å². The van der Waals surface area contributed by atoms with Gasteiger partial charge in [-0.15, -0.1) is 0 Å². The quantitative estimate of drug-likeness (QED) is 0.303. The van der Waals surface area contributed by atoms with Gasteiger partial charge in [0.15, 0.2) is 11.5 Å². The lowest BCUT2D eigenvalue weighted by Crippen LogP contribution is -2.21. The SMILES string of the molecule is COc1cc(/C=C/C(=O)NCCCCCCCCCCC(=O)O)cc(OC)c1OC. The molecule has 0 fully saturated rings. The minimum atomic E-state index is -0.713. The number of benzene rings is 1. The standard InChI is InChI=1S/C23H35NO6/c1-28-19-16-18(17-20(29-2)23(19)30-3)13-14-21(25)24-15-11-9-7-5-4-6-8-10-12-22(26)27/h13-14,16-17H,4-12,15H2,1-3H3,(H,24,25)(H,26,27)/b14-13+. The maximum atomic E-state index is 12.0. The highest BCUT2D eigenvalue weighted by molar-refractivity contribution is 5.91. The minimum absolute atomic E-state index is 0.137. The van der Waals surface area contributed by atoms with E-state index in [2.05, 4.69) is 5.32 Å². The summed E-state index contributed by atoms with van der Waals surface area (Å²) in [7, 11) is 4.65. The first kappa shape index (κ1) is 25.3. The molecule has 0 radical (unpaired) electrons. The first-order valence-electron chi connectivity index (χ1n) is 10.5. The Kier molecular flexibility index (Phi) is 12.8. The maximum Gasteiger partial charge on any atom is 0.303 e. The predicted molar refractivity (Wildman–Crippen MR) is 117 cm³/mol. The largest absolute Gasteiger partial charge is 0.493 e. The number of unbranched alkanes of at least 4 members (excludes halogenated alkanes) is 7. The number of carboxylic acid groups (broad SMARTS) is 1. The predicted octanol–water partition coefficient (Wildman–Crippen LogP) is 4.44. The zero-order valence-corrected chi connectivity index (χ0v) is 18.4. The van der Waals surface area contributed by atoms with Gasteiger partial charge < -0.3 is 24.6 Å². The van der Waals surface area contributed by atoms with Crippen LogP contribution in [-0.4, -0.2) is 44.9 Å². The third-order valence-electron chi connectivity index (χ3n) is 4.73. The van der Waals surface area contributed by atoms with Crippen LogP contribution in [0.3, 0.4) is 0 Å². The van der Waals surface area contributed by atoms with E-state index in [-0.39, 0.29) is 12.3 Å². The summed E-state index contributed by atoms with van der Waals surface area (Å²) in [6, 6.07) is 3.57. The molecule has 0 spiro atoms. The number of amides is 1. The molecular formula is C23H35NO6. The van der Waals surface area contributed by atoms with E-state index in [0.717, 1.165) is 56.9 Å². The van der Waals surface area contributed by atoms with Crippen molar-refractivity contribution in [2.75, 3.05) is 27.9 Å². The van der Waals surface area contributed by atoms with Crippen LogP contribution in [0.5, 0.6) is 17.2 Å². The van der Waals surface area contributed by atoms with Gasteiger partial charge in [-0.3, -0.25) is 9.59 Å². The lowest BCUT2D eigenvalue weighted by molar-refractivity contribution is -0.137. The monoisotopic (exact) mass is 421 g/mol. The number of carboxylic acids is 1. The fourth-order valence-corrected chi connectivity index (χ4v) is 3.10. The zero-order chi connectivity index (χ0) is 22.2. The molecule has 1 amide bonds. The molecule has 0 saturated carbocycles. The molecule has 0 aliphatic carbocycles. The molecular weight excluding hydrogens is 386 g/mol. The van der Waals surface area contributed by atoms with Crippen LogP contribution in [0.1, 0.15) is 63.4 Å². The van der Waals surface area contributed by atoms with Gasteiger partial charge >= 0.3 is 5.97 Å². The molecule has 1 rings (SSSR count). The van der Waals surface area contributed by atoms with Crippen LogP contribution in [0.15, 0.2) is 18.2 Å². The molecule has 0 heterocycles. The van der Waals surface area contributed by atoms with Crippen LogP contribution >= 0.6 is 0 Å². The molecule has 0 saturated heterocycles. The van der Waals surface area contributed by atoms with Gasteiger partial charge in [0.05, 0.1) is 21.3 Å². The highest BCUT2D eigenvalue weighted by Crippen LogP contribution is 2.38. The summed E-state index contributed by atoms with van der Waals surface area (Å²) >= 11 is 0. The summed E-state index contributed by atoms with van der Waals surface area (Å²) in [5.41, 5.74) is 0.781. The van der Waals surface area contributed by atoms with Gasteiger partial charge in [-0.1, -0.05) is 38.5 Å². The summed E-state index contributed by atoms with van der Waals surface area (Å²) in [5.74, 6) is 0.747. The van der Waals surface area contributed by atoms with E-state index < -0.39 is 5.97 Å². The van der Waals surface area contributed by atoms with Crippen molar-refractivity contribution in [1.82, 2.24) is 5.32 Å². The van der Waals surface area contributed by atoms with Crippen molar-refractivity contribution in [3.05, 3.63) is 23.8 Å². The molecule has 0 unspecified atom stereocenters. The third-order valence-corrected chi connectivity index (χ3v) is 4.73. The second-order valence-corrected chi connectivity index (χ2v) is 7.06. The molecule has 0 aliphatic heterocycles. The van der Waals surface area contributed by atoms with Crippen molar-refractivity contribution in [3.63, 3.8) is 0 Å². The molecule has 0 atom stereocenters. The third kappa shape index (κ3) is 10.2. The number of carbonyl (C=O) groups is 2. The van der Waals surface area contributed by atoms with Gasteiger partial charge in [0.1, 0.15) is 0 Å². The number of ether oxygens (including phenoxy) is 3. The smallest absolute Gasteiger partial charge is 0.303 e. The number of rotatable bonds is 16. The van der Waals surface area contributed by atoms with Crippen LogP contribution in [0, 0.1) is 0 Å². The Balaban J connectivity index is 2.23. The lowest BCUT2D eigenvalue weighted by Gasteiger charge is -2.12. The number of aliphatic carboxylic acids is 1. The van der Waals surface area contributed by atoms with E-state index in [1.54, 1.807) is 39.5 Å². The topological polar surface area (TPSA) is 94.1 Å². The number of hydrogen-bond donors (Lipinski definition) is 2. The lowest BCUT2D eigenvalue weighted by atomic mass is 10.1. The van der Waals surface area contributed by atoms with Crippen molar-refractivity contribution >= 4 is 18.0 Å². The van der Waals surface area contributed by atoms with Crippen molar-refractivity contribution in [2.45, 2.75) is 57.8 Å². The molecule has 168 valence electrons. The average molecular weight is 422 g/mol. The van der Waals surface area contributed by atoms with Crippen LogP contribution in [0.25, 0.3) is 6.08 Å². The Bertz CT molecular complexity index is 661. The summed E-state index contributed by atoms with van der Waals surface area (Å²) in [6.45, 7) is 0.650. The van der Waals surface area contributed by atoms with Gasteiger partial charge in [-0.2, -0.15) is 0 Å². The number of methoxy groups -OCH3 is 3.